The third kappa shape index (κ3) is 7.28. The Bertz CT molecular complexity index is 1040. The molecule has 2 N–H and O–H groups in total. The molecule has 158 valence electrons. The van der Waals surface area contributed by atoms with Gasteiger partial charge in [-0.2, -0.15) is 5.10 Å². The minimum Gasteiger partial charge on any atom is -0.489 e. The molecule has 0 aliphatic carbocycles. The minimum atomic E-state index is -0.816. The van der Waals surface area contributed by atoms with Gasteiger partial charge in [0.1, 0.15) is 12.4 Å². The lowest BCUT2D eigenvalue weighted by Crippen LogP contribution is -2.38. The van der Waals surface area contributed by atoms with Crippen LogP contribution in [-0.2, 0) is 22.6 Å². The first kappa shape index (κ1) is 22.1. The van der Waals surface area contributed by atoms with Crippen molar-refractivity contribution in [3.8, 4) is 5.75 Å². The van der Waals surface area contributed by atoms with Crippen molar-refractivity contribution in [3.05, 3.63) is 101 Å². The second kappa shape index (κ2) is 11.5. The van der Waals surface area contributed by atoms with Crippen LogP contribution in [0.25, 0.3) is 0 Å². The van der Waals surface area contributed by atoms with Crippen LogP contribution < -0.4 is 15.5 Å². The molecular formula is C24H22ClN3O3. The van der Waals surface area contributed by atoms with Gasteiger partial charge < -0.3 is 10.1 Å². The summed E-state index contributed by atoms with van der Waals surface area (Å²) < 4.78 is 5.72. The molecule has 0 radical (unpaired) electrons. The highest BCUT2D eigenvalue weighted by molar-refractivity contribution is 6.35. The van der Waals surface area contributed by atoms with Gasteiger partial charge in [-0.15, -0.1) is 0 Å². The topological polar surface area (TPSA) is 79.8 Å². The molecule has 0 saturated carbocycles. The third-order valence-corrected chi connectivity index (χ3v) is 4.73. The number of carbonyl (C=O) groups is 2. The van der Waals surface area contributed by atoms with E-state index in [1.165, 1.54) is 6.21 Å². The maximum absolute atomic E-state index is 11.8. The number of hydrazone groups is 1. The number of carbonyl (C=O) groups excluding carboxylic acids is 2. The maximum Gasteiger partial charge on any atom is 0.329 e. The average Bonchev–Trinajstić information content (AvgIpc) is 2.80. The summed E-state index contributed by atoms with van der Waals surface area (Å²) in [5, 5.41) is 7.05. The van der Waals surface area contributed by atoms with Crippen molar-refractivity contribution in [2.75, 3.05) is 6.54 Å². The number of amides is 2. The van der Waals surface area contributed by atoms with Gasteiger partial charge in [0, 0.05) is 17.1 Å². The third-order valence-electron chi connectivity index (χ3n) is 4.36. The molecule has 7 heteroatoms. The van der Waals surface area contributed by atoms with Gasteiger partial charge in [0.15, 0.2) is 0 Å². The molecule has 3 aromatic rings. The largest absolute Gasteiger partial charge is 0.489 e. The van der Waals surface area contributed by atoms with Gasteiger partial charge in [-0.1, -0.05) is 60.1 Å². The van der Waals surface area contributed by atoms with Crippen LogP contribution in [0, 0.1) is 0 Å². The summed E-state index contributed by atoms with van der Waals surface area (Å²) in [4.78, 5) is 23.6. The molecule has 0 spiro atoms. The van der Waals surface area contributed by atoms with Crippen LogP contribution in [0.2, 0.25) is 5.02 Å². The summed E-state index contributed by atoms with van der Waals surface area (Å²) in [6, 6.07) is 24.4. The van der Waals surface area contributed by atoms with Crippen LogP contribution in [0.1, 0.15) is 16.7 Å². The number of nitrogens with zero attached hydrogens (tertiary/aromatic N) is 1. The van der Waals surface area contributed by atoms with E-state index in [4.69, 9.17) is 16.3 Å². The Kier molecular flexibility index (Phi) is 8.20. The molecule has 0 atom stereocenters. The zero-order chi connectivity index (χ0) is 21.9. The molecular weight excluding hydrogens is 414 g/mol. The van der Waals surface area contributed by atoms with Crippen LogP contribution in [-0.4, -0.2) is 24.6 Å². The van der Waals surface area contributed by atoms with Gasteiger partial charge in [-0.25, -0.2) is 5.43 Å². The molecule has 0 bridgehead atoms. The van der Waals surface area contributed by atoms with E-state index in [-0.39, 0.29) is 0 Å². The van der Waals surface area contributed by atoms with Crippen molar-refractivity contribution < 1.29 is 14.3 Å². The number of hydrogen-bond donors (Lipinski definition) is 2. The molecule has 3 rings (SSSR count). The fourth-order valence-electron chi connectivity index (χ4n) is 2.69. The molecule has 0 heterocycles. The van der Waals surface area contributed by atoms with Crippen LogP contribution in [0.4, 0.5) is 0 Å². The van der Waals surface area contributed by atoms with Gasteiger partial charge in [0.25, 0.3) is 0 Å². The van der Waals surface area contributed by atoms with E-state index in [2.05, 4.69) is 15.8 Å². The zero-order valence-electron chi connectivity index (χ0n) is 16.8. The number of benzene rings is 3. The Labute approximate surface area is 185 Å². The Balaban J connectivity index is 1.40. The summed E-state index contributed by atoms with van der Waals surface area (Å²) in [5.74, 6) is -0.862. The normalized spacial score (nSPS) is 10.6. The number of hydrogen-bond acceptors (Lipinski definition) is 4. The zero-order valence-corrected chi connectivity index (χ0v) is 17.5. The van der Waals surface area contributed by atoms with E-state index in [1.54, 1.807) is 24.3 Å². The highest BCUT2D eigenvalue weighted by Gasteiger charge is 2.11. The predicted molar refractivity (Wildman–Crippen MR) is 121 cm³/mol. The fourth-order valence-corrected chi connectivity index (χ4v) is 2.88. The molecule has 0 aromatic heterocycles. The predicted octanol–water partition coefficient (Wildman–Crippen LogP) is 3.73. The summed E-state index contributed by atoms with van der Waals surface area (Å²) in [6.45, 7) is 0.734. The van der Waals surface area contributed by atoms with Gasteiger partial charge in [0.2, 0.25) is 0 Å². The van der Waals surface area contributed by atoms with Crippen molar-refractivity contribution in [3.63, 3.8) is 0 Å². The monoisotopic (exact) mass is 435 g/mol. The van der Waals surface area contributed by atoms with E-state index in [0.29, 0.717) is 30.3 Å². The van der Waals surface area contributed by atoms with Crippen LogP contribution >= 0.6 is 11.6 Å². The smallest absolute Gasteiger partial charge is 0.329 e. The van der Waals surface area contributed by atoms with Crippen LogP contribution in [0.3, 0.4) is 0 Å². The van der Waals surface area contributed by atoms with Gasteiger partial charge in [0.05, 0.1) is 6.21 Å². The van der Waals surface area contributed by atoms with Crippen LogP contribution in [0.5, 0.6) is 5.75 Å². The molecule has 0 saturated heterocycles. The first-order valence-electron chi connectivity index (χ1n) is 9.73. The fraction of sp³-hybridized carbons (Fsp3) is 0.125. The maximum atomic E-state index is 11.8. The second-order valence-electron chi connectivity index (χ2n) is 6.64. The highest BCUT2D eigenvalue weighted by Crippen LogP contribution is 2.18. The number of halogens is 1. The summed E-state index contributed by atoms with van der Waals surface area (Å²) >= 11 is 6.12. The highest BCUT2D eigenvalue weighted by atomic mass is 35.5. The molecule has 2 amide bonds. The Morgan fingerprint density at radius 1 is 0.903 bits per heavy atom. The summed E-state index contributed by atoms with van der Waals surface area (Å²) in [7, 11) is 0. The van der Waals surface area contributed by atoms with Crippen molar-refractivity contribution in [2.45, 2.75) is 13.0 Å². The van der Waals surface area contributed by atoms with Gasteiger partial charge in [-0.05, 0) is 47.9 Å². The van der Waals surface area contributed by atoms with Gasteiger partial charge in [-0.3, -0.25) is 9.59 Å². The van der Waals surface area contributed by atoms with Crippen molar-refractivity contribution >= 4 is 29.6 Å². The SMILES string of the molecule is O=C(NCCc1ccccc1)C(=O)NN=Cc1ccc(OCc2ccccc2Cl)cc1. The lowest BCUT2D eigenvalue weighted by molar-refractivity contribution is -0.139. The Morgan fingerprint density at radius 3 is 2.35 bits per heavy atom. The summed E-state index contributed by atoms with van der Waals surface area (Å²) in [6.07, 6.45) is 2.10. The van der Waals surface area contributed by atoms with Crippen molar-refractivity contribution in [1.29, 1.82) is 0 Å². The Morgan fingerprint density at radius 2 is 1.61 bits per heavy atom. The van der Waals surface area contributed by atoms with E-state index >= 15 is 0 Å². The second-order valence-corrected chi connectivity index (χ2v) is 7.05. The van der Waals surface area contributed by atoms with E-state index < -0.39 is 11.8 Å². The lowest BCUT2D eigenvalue weighted by atomic mass is 10.1. The molecule has 3 aromatic carbocycles. The van der Waals surface area contributed by atoms with Gasteiger partial charge >= 0.3 is 11.8 Å². The number of ether oxygens (including phenoxy) is 1. The van der Waals surface area contributed by atoms with Crippen molar-refractivity contribution in [1.82, 2.24) is 10.7 Å². The van der Waals surface area contributed by atoms with E-state index in [9.17, 15) is 9.59 Å². The number of rotatable bonds is 8. The Hall–Kier alpha value is -3.64. The average molecular weight is 436 g/mol. The molecule has 6 nitrogen and oxygen atoms in total. The quantitative estimate of drug-likeness (QED) is 0.321. The van der Waals surface area contributed by atoms with Crippen molar-refractivity contribution in [2.24, 2.45) is 5.10 Å². The van der Waals surface area contributed by atoms with E-state index in [0.717, 1.165) is 16.7 Å². The lowest BCUT2D eigenvalue weighted by Gasteiger charge is -2.07. The van der Waals surface area contributed by atoms with Crippen LogP contribution in [0.15, 0.2) is 84.0 Å². The molecule has 0 fully saturated rings. The number of nitrogens with one attached hydrogen (secondary N) is 2. The summed E-state index contributed by atoms with van der Waals surface area (Å²) in [5.41, 5.74) is 4.95. The molecule has 31 heavy (non-hydrogen) atoms. The molecule has 0 aliphatic heterocycles. The van der Waals surface area contributed by atoms with E-state index in [1.807, 2.05) is 54.6 Å². The minimum absolute atomic E-state index is 0.364. The standard InChI is InChI=1S/C24H22ClN3O3/c25-22-9-5-4-8-20(22)17-31-21-12-10-19(11-13-21)16-27-28-24(30)23(29)26-15-14-18-6-2-1-3-7-18/h1-13,16H,14-15,17H2,(H,26,29)(H,28,30). The molecule has 0 aliphatic rings. The first-order chi connectivity index (χ1) is 15.1. The molecule has 0 unspecified atom stereocenters. The first-order valence-corrected chi connectivity index (χ1v) is 10.1.